The first-order chi connectivity index (χ1) is 16.3. The molecule has 7 heteroatoms. The fourth-order valence-electron chi connectivity index (χ4n) is 3.68. The monoisotopic (exact) mass is 465 g/mol. The maximum Gasteiger partial charge on any atom is 0.408 e. The maximum atomic E-state index is 13.1. The highest BCUT2D eigenvalue weighted by atomic mass is 16.6. The summed E-state index contributed by atoms with van der Waals surface area (Å²) in [7, 11) is 0. The molecule has 1 amide bonds. The van der Waals surface area contributed by atoms with Gasteiger partial charge in [0.25, 0.3) is 0 Å². The van der Waals surface area contributed by atoms with E-state index >= 15 is 0 Å². The average Bonchev–Trinajstić information content (AvgIpc) is 2.79. The van der Waals surface area contributed by atoms with E-state index in [2.05, 4.69) is 12.2 Å². The van der Waals surface area contributed by atoms with Crippen LogP contribution in [-0.2, 0) is 22.6 Å². The number of alkyl carbamates (subject to hydrolysis) is 1. The van der Waals surface area contributed by atoms with Crippen LogP contribution in [0.4, 0.5) is 4.79 Å². The number of aryl methyl sites for hydroxylation is 2. The molecule has 0 saturated heterocycles. The summed E-state index contributed by atoms with van der Waals surface area (Å²) < 4.78 is 16.4. The van der Waals surface area contributed by atoms with Crippen LogP contribution < -0.4 is 15.7 Å². The number of esters is 1. The summed E-state index contributed by atoms with van der Waals surface area (Å²) in [5.74, 6) is -0.559. The van der Waals surface area contributed by atoms with E-state index in [4.69, 9.17) is 13.9 Å². The second-order valence-corrected chi connectivity index (χ2v) is 8.68. The van der Waals surface area contributed by atoms with Gasteiger partial charge in [-0.1, -0.05) is 57.5 Å². The van der Waals surface area contributed by atoms with Crippen LogP contribution in [0, 0.1) is 12.8 Å². The molecule has 34 heavy (non-hydrogen) atoms. The van der Waals surface area contributed by atoms with Crippen LogP contribution in [0.15, 0.2) is 57.7 Å². The number of carbonyl (C=O) groups is 2. The van der Waals surface area contributed by atoms with Crippen LogP contribution in [0.3, 0.4) is 0 Å². The molecule has 0 radical (unpaired) electrons. The average molecular weight is 466 g/mol. The van der Waals surface area contributed by atoms with Gasteiger partial charge in [-0.3, -0.25) is 0 Å². The summed E-state index contributed by atoms with van der Waals surface area (Å²) in [6, 6.07) is 13.3. The first-order valence-corrected chi connectivity index (χ1v) is 11.5. The molecule has 3 rings (SSSR count). The van der Waals surface area contributed by atoms with Gasteiger partial charge in [-0.15, -0.1) is 0 Å². The predicted octanol–water partition coefficient (Wildman–Crippen LogP) is 5.30. The molecule has 0 saturated carbocycles. The lowest BCUT2D eigenvalue weighted by atomic mass is 10.0. The molecule has 0 fully saturated rings. The van der Waals surface area contributed by atoms with Crippen molar-refractivity contribution in [3.63, 3.8) is 0 Å². The van der Waals surface area contributed by atoms with Crippen molar-refractivity contribution in [1.29, 1.82) is 0 Å². The van der Waals surface area contributed by atoms with Gasteiger partial charge in [-0.25, -0.2) is 14.4 Å². The molecule has 0 spiro atoms. The summed E-state index contributed by atoms with van der Waals surface area (Å²) in [5.41, 5.74) is 2.32. The van der Waals surface area contributed by atoms with E-state index in [1.54, 1.807) is 12.1 Å². The Morgan fingerprint density at radius 3 is 2.50 bits per heavy atom. The van der Waals surface area contributed by atoms with E-state index in [-0.39, 0.29) is 12.5 Å². The molecule has 2 aromatic carbocycles. The van der Waals surface area contributed by atoms with Gasteiger partial charge in [-0.05, 0) is 54.5 Å². The minimum absolute atomic E-state index is 0.0921. The Balaban J connectivity index is 1.82. The zero-order chi connectivity index (χ0) is 24.7. The Hall–Kier alpha value is -3.61. The molecule has 1 aromatic heterocycles. The van der Waals surface area contributed by atoms with Crippen LogP contribution in [0.1, 0.15) is 50.3 Å². The number of hydrogen-bond donors (Lipinski definition) is 1. The summed E-state index contributed by atoms with van der Waals surface area (Å²) >= 11 is 0. The Morgan fingerprint density at radius 2 is 1.82 bits per heavy atom. The Kier molecular flexibility index (Phi) is 8.46. The molecular formula is C27H31NO6. The predicted molar refractivity (Wildman–Crippen MR) is 130 cm³/mol. The standard InChI is InChI=1S/C27H31NO6/c1-5-6-12-20-15-23(29)33-21-13-18(4)14-22(24(20)21)34-26(30)25(17(2)3)28-27(31)32-16-19-10-8-7-9-11-19/h7-11,13-15,17,25H,5-6,12,16H2,1-4H3,(H,28,31)/t25-/m1/s1. The van der Waals surface area contributed by atoms with Crippen molar-refractivity contribution in [2.45, 2.75) is 59.6 Å². The van der Waals surface area contributed by atoms with Crippen molar-refractivity contribution in [3.05, 3.63) is 75.6 Å². The number of hydrogen-bond acceptors (Lipinski definition) is 6. The van der Waals surface area contributed by atoms with Gasteiger partial charge in [0.2, 0.25) is 0 Å². The highest BCUT2D eigenvalue weighted by Crippen LogP contribution is 2.31. The van der Waals surface area contributed by atoms with E-state index in [0.29, 0.717) is 23.1 Å². The topological polar surface area (TPSA) is 94.8 Å². The van der Waals surface area contributed by atoms with Gasteiger partial charge in [0.15, 0.2) is 0 Å². The molecule has 3 aromatic rings. The second-order valence-electron chi connectivity index (χ2n) is 8.68. The Morgan fingerprint density at radius 1 is 1.09 bits per heavy atom. The largest absolute Gasteiger partial charge is 0.445 e. The van der Waals surface area contributed by atoms with E-state index in [0.717, 1.165) is 29.5 Å². The van der Waals surface area contributed by atoms with Crippen LogP contribution in [0.5, 0.6) is 5.75 Å². The molecule has 180 valence electrons. The molecule has 0 aliphatic carbocycles. The minimum atomic E-state index is -0.923. The van der Waals surface area contributed by atoms with Crippen molar-refractivity contribution in [1.82, 2.24) is 5.32 Å². The maximum absolute atomic E-state index is 13.1. The third-order valence-electron chi connectivity index (χ3n) is 5.45. The van der Waals surface area contributed by atoms with Crippen molar-refractivity contribution >= 4 is 23.0 Å². The zero-order valence-electron chi connectivity index (χ0n) is 20.1. The van der Waals surface area contributed by atoms with Gasteiger partial charge in [0.05, 0.1) is 5.39 Å². The van der Waals surface area contributed by atoms with Crippen molar-refractivity contribution in [3.8, 4) is 5.75 Å². The molecular weight excluding hydrogens is 434 g/mol. The van der Waals surface area contributed by atoms with Gasteiger partial charge in [0, 0.05) is 6.07 Å². The van der Waals surface area contributed by atoms with Crippen LogP contribution in [0.25, 0.3) is 11.0 Å². The van der Waals surface area contributed by atoms with Crippen molar-refractivity contribution in [2.75, 3.05) is 0 Å². The van der Waals surface area contributed by atoms with Gasteiger partial charge < -0.3 is 19.2 Å². The minimum Gasteiger partial charge on any atom is -0.445 e. The normalized spacial score (nSPS) is 11.9. The quantitative estimate of drug-likeness (QED) is 0.262. The summed E-state index contributed by atoms with van der Waals surface area (Å²) in [4.78, 5) is 37.6. The summed E-state index contributed by atoms with van der Waals surface area (Å²) in [5, 5.41) is 3.22. The van der Waals surface area contributed by atoms with E-state index in [9.17, 15) is 14.4 Å². The molecule has 1 heterocycles. The third-order valence-corrected chi connectivity index (χ3v) is 5.45. The number of unbranched alkanes of at least 4 members (excludes halogenated alkanes) is 1. The van der Waals surface area contributed by atoms with Crippen LogP contribution in [-0.4, -0.2) is 18.1 Å². The first-order valence-electron chi connectivity index (χ1n) is 11.5. The second kappa shape index (κ2) is 11.5. The lowest BCUT2D eigenvalue weighted by Crippen LogP contribution is -2.46. The van der Waals surface area contributed by atoms with Crippen molar-refractivity contribution in [2.24, 2.45) is 5.92 Å². The number of nitrogens with one attached hydrogen (secondary N) is 1. The summed E-state index contributed by atoms with van der Waals surface area (Å²) in [6.45, 7) is 7.60. The Labute approximate surface area is 199 Å². The lowest BCUT2D eigenvalue weighted by molar-refractivity contribution is -0.137. The molecule has 1 atom stereocenters. The number of fused-ring (bicyclic) bond motifs is 1. The van der Waals surface area contributed by atoms with Gasteiger partial charge >= 0.3 is 17.7 Å². The molecule has 0 aliphatic rings. The SMILES string of the molecule is CCCCc1cc(=O)oc2cc(C)cc(OC(=O)[C@H](NC(=O)OCc3ccccc3)C(C)C)c12. The first kappa shape index (κ1) is 25.0. The molecule has 7 nitrogen and oxygen atoms in total. The van der Waals surface area contributed by atoms with Gasteiger partial charge in [0.1, 0.15) is 24.0 Å². The molecule has 0 bridgehead atoms. The molecule has 1 N–H and O–H groups in total. The fourth-order valence-corrected chi connectivity index (χ4v) is 3.68. The van der Waals surface area contributed by atoms with Crippen LogP contribution >= 0.6 is 0 Å². The van der Waals surface area contributed by atoms with E-state index in [1.807, 2.05) is 51.1 Å². The molecule has 0 unspecified atom stereocenters. The summed E-state index contributed by atoms with van der Waals surface area (Å²) in [6.07, 6.45) is 1.78. The van der Waals surface area contributed by atoms with E-state index < -0.39 is 23.7 Å². The lowest BCUT2D eigenvalue weighted by Gasteiger charge is -2.21. The zero-order valence-corrected chi connectivity index (χ0v) is 20.1. The highest BCUT2D eigenvalue weighted by Gasteiger charge is 2.28. The fraction of sp³-hybridized carbons (Fsp3) is 0.370. The highest BCUT2D eigenvalue weighted by molar-refractivity contribution is 5.91. The van der Waals surface area contributed by atoms with Crippen molar-refractivity contribution < 1.29 is 23.5 Å². The van der Waals surface area contributed by atoms with Gasteiger partial charge in [-0.2, -0.15) is 0 Å². The third kappa shape index (κ3) is 6.47. The number of benzene rings is 2. The van der Waals surface area contributed by atoms with E-state index in [1.165, 1.54) is 6.07 Å². The number of rotatable bonds is 9. The smallest absolute Gasteiger partial charge is 0.408 e. The van der Waals surface area contributed by atoms with Crippen LogP contribution in [0.2, 0.25) is 0 Å². The Bertz CT molecular complexity index is 1200. The number of ether oxygens (including phenoxy) is 2. The number of amides is 1. The number of carbonyl (C=O) groups excluding carboxylic acids is 2. The molecule has 0 aliphatic heterocycles.